The van der Waals surface area contributed by atoms with Crippen LogP contribution in [-0.2, 0) is 0 Å². The summed E-state index contributed by atoms with van der Waals surface area (Å²) in [5, 5.41) is 27.6. The van der Waals surface area contributed by atoms with Gasteiger partial charge in [-0.2, -0.15) is 0 Å². The highest BCUT2D eigenvalue weighted by atomic mass is 28.3. The van der Waals surface area contributed by atoms with E-state index in [2.05, 4.69) is 81.4 Å². The first-order valence-corrected chi connectivity index (χ1v) is 16.2. The van der Waals surface area contributed by atoms with Gasteiger partial charge in [0.25, 0.3) is 0 Å². The molecule has 5 heteroatoms. The second-order valence-electron chi connectivity index (χ2n) is 12.3. The summed E-state index contributed by atoms with van der Waals surface area (Å²) in [4.78, 5) is 0. The third kappa shape index (κ3) is 4.26. The van der Waals surface area contributed by atoms with E-state index in [9.17, 15) is 10.2 Å². The van der Waals surface area contributed by atoms with E-state index in [1.807, 2.05) is 18.2 Å². The Morgan fingerprint density at radius 2 is 1.49 bits per heavy atom. The molecule has 4 nitrogen and oxygen atoms in total. The molecule has 0 amide bonds. The van der Waals surface area contributed by atoms with Gasteiger partial charge in [0, 0.05) is 11.5 Å². The van der Waals surface area contributed by atoms with E-state index in [0.29, 0.717) is 17.9 Å². The van der Waals surface area contributed by atoms with Crippen LogP contribution in [0.4, 0.5) is 0 Å². The van der Waals surface area contributed by atoms with Crippen molar-refractivity contribution in [2.24, 2.45) is 22.7 Å². The van der Waals surface area contributed by atoms with E-state index in [4.69, 9.17) is 16.1 Å². The Morgan fingerprint density at radius 3 is 2.03 bits per heavy atom. The van der Waals surface area contributed by atoms with Gasteiger partial charge in [-0.05, 0) is 64.2 Å². The lowest BCUT2D eigenvalue weighted by Gasteiger charge is -2.64. The molecule has 1 aliphatic heterocycles. The van der Waals surface area contributed by atoms with Crippen LogP contribution < -0.4 is 19.8 Å². The molecule has 0 radical (unpaired) electrons. The molecule has 39 heavy (non-hydrogen) atoms. The number of benzene rings is 3. The normalized spacial score (nSPS) is 28.3. The molecular weight excluding hydrogens is 500 g/mol. The highest BCUT2D eigenvalue weighted by Gasteiger charge is 2.64. The number of rotatable bonds is 6. The van der Waals surface area contributed by atoms with E-state index in [1.54, 1.807) is 14.2 Å². The largest absolute Gasteiger partial charge is 0.497 e. The van der Waals surface area contributed by atoms with Gasteiger partial charge in [-0.15, -0.1) is 6.58 Å². The van der Waals surface area contributed by atoms with E-state index in [1.165, 1.54) is 10.4 Å². The molecule has 3 aromatic carbocycles. The van der Waals surface area contributed by atoms with Crippen LogP contribution in [0.25, 0.3) is 0 Å². The van der Waals surface area contributed by atoms with Gasteiger partial charge in [0.05, 0.1) is 26.4 Å². The van der Waals surface area contributed by atoms with Gasteiger partial charge in [-0.3, -0.25) is 0 Å². The van der Waals surface area contributed by atoms with E-state index >= 15 is 0 Å². The number of ether oxygens (including phenoxy) is 2. The molecule has 3 aromatic rings. The first kappa shape index (κ1) is 27.7. The molecule has 1 saturated heterocycles. The number of methoxy groups -OCH3 is 2. The Labute approximate surface area is 234 Å². The first-order chi connectivity index (χ1) is 18.6. The van der Waals surface area contributed by atoms with Crippen molar-refractivity contribution in [1.29, 1.82) is 0 Å². The third-order valence-corrected chi connectivity index (χ3v) is 15.3. The zero-order chi connectivity index (χ0) is 28.0. The van der Waals surface area contributed by atoms with Crippen LogP contribution in [0.2, 0.25) is 6.04 Å². The summed E-state index contributed by atoms with van der Waals surface area (Å²) in [6.07, 6.45) is 0.283. The summed E-state index contributed by atoms with van der Waals surface area (Å²) < 4.78 is 11.3. The van der Waals surface area contributed by atoms with Gasteiger partial charge in [0.1, 0.15) is 19.6 Å². The maximum Gasteiger partial charge on any atom is 0.144 e. The van der Waals surface area contributed by atoms with Crippen LogP contribution in [0.3, 0.4) is 0 Å². The molecular formula is C34H42O4Si. The molecule has 1 heterocycles. The van der Waals surface area contributed by atoms with Gasteiger partial charge in [-0.25, -0.2) is 0 Å². The number of fused-ring (bicyclic) bond motifs is 1. The van der Waals surface area contributed by atoms with Crippen molar-refractivity contribution in [3.8, 4) is 11.5 Å². The molecule has 0 aromatic heterocycles. The molecule has 1 saturated carbocycles. The van der Waals surface area contributed by atoms with Gasteiger partial charge < -0.3 is 19.7 Å². The van der Waals surface area contributed by atoms with E-state index in [-0.39, 0.29) is 22.7 Å². The fraction of sp³-hybridized carbons (Fsp3) is 0.412. The predicted octanol–water partition coefficient (Wildman–Crippen LogP) is 5.53. The quantitative estimate of drug-likeness (QED) is 0.402. The second-order valence-corrected chi connectivity index (χ2v) is 16.3. The van der Waals surface area contributed by atoms with Crippen molar-refractivity contribution in [2.45, 2.75) is 51.9 Å². The summed E-state index contributed by atoms with van der Waals surface area (Å²) in [5.74, 6) is 1.25. The molecule has 1 aliphatic carbocycles. The van der Waals surface area contributed by atoms with Crippen LogP contribution in [0.1, 0.15) is 45.3 Å². The Bertz CT molecular complexity index is 1280. The Hall–Kier alpha value is -2.86. The average Bonchev–Trinajstić information content (AvgIpc) is 2.96. The van der Waals surface area contributed by atoms with Crippen LogP contribution in [0.15, 0.2) is 90.6 Å². The van der Waals surface area contributed by atoms with Crippen LogP contribution in [0.5, 0.6) is 11.5 Å². The summed E-state index contributed by atoms with van der Waals surface area (Å²) in [5.41, 5.74) is 0.122. The van der Waals surface area contributed by atoms with Gasteiger partial charge >= 0.3 is 0 Å². The predicted molar refractivity (Wildman–Crippen MR) is 160 cm³/mol. The molecule has 2 aliphatic rings. The highest BCUT2D eigenvalue weighted by molar-refractivity contribution is 7.07. The van der Waals surface area contributed by atoms with E-state index < -0.39 is 20.3 Å². The Morgan fingerprint density at radius 1 is 0.897 bits per heavy atom. The minimum absolute atomic E-state index is 0.169. The van der Waals surface area contributed by atoms with Crippen molar-refractivity contribution >= 4 is 18.4 Å². The van der Waals surface area contributed by atoms with Gasteiger partial charge in [0.2, 0.25) is 0 Å². The zero-order valence-corrected chi connectivity index (χ0v) is 24.9. The summed E-state index contributed by atoms with van der Waals surface area (Å²) in [6, 6.07) is 28.2. The maximum atomic E-state index is 12.5. The topological polar surface area (TPSA) is 58.9 Å². The lowest BCUT2D eigenvalue weighted by Crippen LogP contribution is -2.70. The average molecular weight is 543 g/mol. The third-order valence-electron chi connectivity index (χ3n) is 10.3. The van der Waals surface area contributed by atoms with Gasteiger partial charge in [0.15, 0.2) is 0 Å². The second kappa shape index (κ2) is 10.3. The summed E-state index contributed by atoms with van der Waals surface area (Å²) in [7, 11) is 0.628. The molecule has 0 spiro atoms. The molecule has 5 atom stereocenters. The van der Waals surface area contributed by atoms with Crippen LogP contribution >= 0.6 is 0 Å². The minimum Gasteiger partial charge on any atom is -0.497 e. The van der Waals surface area contributed by atoms with Crippen LogP contribution in [-0.4, -0.2) is 38.6 Å². The van der Waals surface area contributed by atoms with Crippen molar-refractivity contribution in [3.63, 3.8) is 0 Å². The molecule has 2 N–H and O–H groups in total. The van der Waals surface area contributed by atoms with Crippen molar-refractivity contribution < 1.29 is 19.7 Å². The smallest absolute Gasteiger partial charge is 0.144 e. The van der Waals surface area contributed by atoms with Gasteiger partial charge in [-0.1, -0.05) is 86.6 Å². The fourth-order valence-electron chi connectivity index (χ4n) is 8.07. The van der Waals surface area contributed by atoms with E-state index in [0.717, 1.165) is 23.2 Å². The lowest BCUT2D eigenvalue weighted by atomic mass is 9.50. The monoisotopic (exact) mass is 542 g/mol. The van der Waals surface area contributed by atoms with Crippen molar-refractivity contribution in [3.05, 3.63) is 96.2 Å². The zero-order valence-electron chi connectivity index (χ0n) is 23.9. The summed E-state index contributed by atoms with van der Waals surface area (Å²) in [6.45, 7) is 11.7. The lowest BCUT2D eigenvalue weighted by molar-refractivity contribution is -0.124. The fourth-order valence-corrected chi connectivity index (χ4v) is 14.0. The van der Waals surface area contributed by atoms with Crippen molar-refractivity contribution in [2.75, 3.05) is 14.2 Å². The molecule has 5 rings (SSSR count). The number of aliphatic hydroxyl groups excluding tert-OH is 2. The Balaban J connectivity index is 1.80. The minimum atomic E-state index is -2.66. The molecule has 206 valence electrons. The van der Waals surface area contributed by atoms with Crippen LogP contribution in [0, 0.1) is 22.7 Å². The molecule has 2 fully saturated rings. The number of aliphatic hydroxyl groups is 2. The first-order valence-electron chi connectivity index (χ1n) is 14.0. The number of hydrogen-bond donors (Lipinski definition) is 2. The SMILES string of the molecule is C=C1[C@H](C(O)c2cc(OC)ccc2OC)[C@@]2(C)CC[C@H](O)C(C)(C)[C@@H]2C[Si]1(c1ccccc1)c1ccccc1. The highest BCUT2D eigenvalue weighted by Crippen LogP contribution is 2.65. The maximum absolute atomic E-state index is 12.5. The standard InChI is InChI=1S/C34H42O4Si/c1-23-31(32(36)27-21-24(37-5)17-18-28(27)38-6)34(4)20-19-30(35)33(2,3)29(34)22-39(23,25-13-9-7-10-14-25)26-15-11-8-12-16-26/h7-18,21,29-32,35-36H,1,19-20,22H2,2-6H3/t29-,30-,31+,32?,34-/m0/s1. The van der Waals surface area contributed by atoms with Crippen molar-refractivity contribution in [1.82, 2.24) is 0 Å². The number of hydrogen-bond acceptors (Lipinski definition) is 4. The molecule has 0 bridgehead atoms. The Kier molecular flexibility index (Phi) is 7.29. The summed E-state index contributed by atoms with van der Waals surface area (Å²) >= 11 is 0. The molecule has 1 unspecified atom stereocenters.